The van der Waals surface area contributed by atoms with Crippen LogP contribution in [0.15, 0.2) is 36.4 Å². The van der Waals surface area contributed by atoms with Gasteiger partial charge in [0.05, 0.1) is 11.6 Å². The average Bonchev–Trinajstić information content (AvgIpc) is 3.47. The number of fused-ring (bicyclic) bond motifs is 1. The van der Waals surface area contributed by atoms with E-state index in [0.717, 1.165) is 38.2 Å². The third-order valence-corrected chi connectivity index (χ3v) is 4.91. The fraction of sp³-hybridized carbons (Fsp3) is 0.536. The normalized spacial score (nSPS) is 12.8. The van der Waals surface area contributed by atoms with Crippen molar-refractivity contribution in [2.75, 3.05) is 37.4 Å². The van der Waals surface area contributed by atoms with E-state index in [2.05, 4.69) is 48.7 Å². The van der Waals surface area contributed by atoms with Gasteiger partial charge in [-0.15, -0.1) is 0 Å². The Bertz CT molecular complexity index is 769. The van der Waals surface area contributed by atoms with Crippen LogP contribution < -0.4 is 10.6 Å². The summed E-state index contributed by atoms with van der Waals surface area (Å²) in [4.78, 5) is 0. The lowest BCUT2D eigenvalue weighted by Gasteiger charge is -2.17. The molecule has 0 atom stereocenters. The van der Waals surface area contributed by atoms with Gasteiger partial charge in [-0.3, -0.25) is 0 Å². The molecule has 0 amide bonds. The molecule has 0 bridgehead atoms. The predicted molar refractivity (Wildman–Crippen MR) is 141 cm³/mol. The maximum atomic E-state index is 8.67. The van der Waals surface area contributed by atoms with Gasteiger partial charge in [-0.2, -0.15) is 5.26 Å². The monoisotopic (exact) mass is 439 g/mol. The molecule has 2 aliphatic rings. The summed E-state index contributed by atoms with van der Waals surface area (Å²) < 4.78 is 4.94. The van der Waals surface area contributed by atoms with Gasteiger partial charge in [0.15, 0.2) is 0 Å². The van der Waals surface area contributed by atoms with Crippen LogP contribution in [0.1, 0.15) is 76.1 Å². The van der Waals surface area contributed by atoms with Crippen molar-refractivity contribution in [3.63, 3.8) is 0 Å². The maximum absolute atomic E-state index is 8.67. The van der Waals surface area contributed by atoms with Crippen LogP contribution in [0.2, 0.25) is 0 Å². The molecule has 2 N–H and O–H groups in total. The van der Waals surface area contributed by atoms with Gasteiger partial charge in [0.1, 0.15) is 0 Å². The quantitative estimate of drug-likeness (QED) is 0.513. The van der Waals surface area contributed by atoms with Crippen LogP contribution in [0.3, 0.4) is 0 Å². The van der Waals surface area contributed by atoms with Crippen LogP contribution in [0, 0.1) is 18.3 Å². The number of benzene rings is 2. The first-order valence-electron chi connectivity index (χ1n) is 12.3. The van der Waals surface area contributed by atoms with Crippen molar-refractivity contribution in [2.24, 2.45) is 0 Å². The molecule has 2 aliphatic heterocycles. The molecular formula is C28H45N3O. The van der Waals surface area contributed by atoms with E-state index < -0.39 is 0 Å². The third-order valence-electron chi connectivity index (χ3n) is 4.91. The van der Waals surface area contributed by atoms with Crippen molar-refractivity contribution in [3.8, 4) is 6.07 Å². The summed E-state index contributed by atoms with van der Waals surface area (Å²) in [6.45, 7) is 15.4. The fourth-order valence-electron chi connectivity index (χ4n) is 3.31. The molecule has 4 heteroatoms. The summed E-state index contributed by atoms with van der Waals surface area (Å²) in [7, 11) is 1.96. The van der Waals surface area contributed by atoms with Crippen LogP contribution in [0.5, 0.6) is 0 Å². The molecule has 32 heavy (non-hydrogen) atoms. The first-order chi connectivity index (χ1) is 15.7. The summed E-state index contributed by atoms with van der Waals surface area (Å²) in [5.41, 5.74) is 7.21. The Labute approximate surface area is 197 Å². The van der Waals surface area contributed by atoms with Crippen LogP contribution in [-0.2, 0) is 17.6 Å². The van der Waals surface area contributed by atoms with Crippen LogP contribution in [0.4, 0.5) is 11.4 Å². The zero-order valence-corrected chi connectivity index (χ0v) is 21.5. The molecular weight excluding hydrogens is 394 g/mol. The molecule has 4 rings (SSSR count). The number of anilines is 2. The molecule has 4 nitrogen and oxygen atoms in total. The summed E-state index contributed by atoms with van der Waals surface area (Å²) >= 11 is 0. The summed E-state index contributed by atoms with van der Waals surface area (Å²) in [6, 6.07) is 14.5. The Morgan fingerprint density at radius 2 is 1.69 bits per heavy atom. The van der Waals surface area contributed by atoms with Gasteiger partial charge in [0.25, 0.3) is 0 Å². The number of nitriles is 1. The van der Waals surface area contributed by atoms with Crippen molar-refractivity contribution >= 4 is 11.4 Å². The number of hydrogen-bond donors (Lipinski definition) is 2. The molecule has 2 heterocycles. The second-order valence-corrected chi connectivity index (χ2v) is 7.10. The van der Waals surface area contributed by atoms with Crippen molar-refractivity contribution in [2.45, 2.75) is 73.6 Å². The lowest BCUT2D eigenvalue weighted by Crippen LogP contribution is -2.11. The molecule has 0 spiro atoms. The molecule has 0 saturated carbocycles. The van der Waals surface area contributed by atoms with Gasteiger partial charge >= 0.3 is 0 Å². The lowest BCUT2D eigenvalue weighted by molar-refractivity contribution is 0.198. The zero-order chi connectivity index (χ0) is 24.2. The first-order valence-corrected chi connectivity index (χ1v) is 12.3. The Morgan fingerprint density at radius 1 is 1.00 bits per heavy atom. The topological polar surface area (TPSA) is 57.1 Å². The Hall–Kier alpha value is -2.51. The molecule has 178 valence electrons. The van der Waals surface area contributed by atoms with E-state index in [-0.39, 0.29) is 0 Å². The fourth-order valence-corrected chi connectivity index (χ4v) is 3.31. The van der Waals surface area contributed by atoms with E-state index in [0.29, 0.717) is 0 Å². The minimum atomic E-state index is 0.762. The highest BCUT2D eigenvalue weighted by Gasteiger charge is 2.07. The molecule has 2 aromatic rings. The highest BCUT2D eigenvalue weighted by atomic mass is 16.5. The van der Waals surface area contributed by atoms with Gasteiger partial charge in [-0.25, -0.2) is 0 Å². The summed E-state index contributed by atoms with van der Waals surface area (Å²) in [5.74, 6) is 0. The van der Waals surface area contributed by atoms with E-state index in [9.17, 15) is 0 Å². The predicted octanol–water partition coefficient (Wildman–Crippen LogP) is 7.36. The molecule has 1 fully saturated rings. The van der Waals surface area contributed by atoms with Crippen molar-refractivity contribution in [1.29, 1.82) is 5.26 Å². The van der Waals surface area contributed by atoms with Gasteiger partial charge in [0, 0.05) is 38.2 Å². The number of nitrogens with one attached hydrogen (secondary N) is 2. The lowest BCUT2D eigenvalue weighted by atomic mass is 10.0. The van der Waals surface area contributed by atoms with Crippen LogP contribution in [-0.4, -0.2) is 26.8 Å². The van der Waals surface area contributed by atoms with E-state index in [4.69, 9.17) is 10.00 Å². The SMILES string of the molecule is C1CCOC1.CC.CC.CCc1cc(C)ccc1NC.N#Cc1ccc2c(c1)CCCN2. The highest BCUT2D eigenvalue weighted by Crippen LogP contribution is 2.22. The summed E-state index contributed by atoms with van der Waals surface area (Å²) in [5, 5.41) is 15.1. The Kier molecular flexibility index (Phi) is 17.7. The number of nitrogens with zero attached hydrogens (tertiary/aromatic N) is 1. The van der Waals surface area contributed by atoms with Gasteiger partial charge in [0.2, 0.25) is 0 Å². The molecule has 0 aliphatic carbocycles. The van der Waals surface area contributed by atoms with Gasteiger partial charge < -0.3 is 15.4 Å². The molecule has 2 aromatic carbocycles. The third kappa shape index (κ3) is 11.2. The Balaban J connectivity index is 0.000000442. The minimum Gasteiger partial charge on any atom is -0.388 e. The Morgan fingerprint density at radius 3 is 2.22 bits per heavy atom. The second kappa shape index (κ2) is 19.2. The van der Waals surface area contributed by atoms with Crippen molar-refractivity contribution < 1.29 is 4.74 Å². The second-order valence-electron chi connectivity index (χ2n) is 7.10. The van der Waals surface area contributed by atoms with E-state index >= 15 is 0 Å². The van der Waals surface area contributed by atoms with Gasteiger partial charge in [-0.1, -0.05) is 52.3 Å². The average molecular weight is 440 g/mol. The van der Waals surface area contributed by atoms with Crippen molar-refractivity contribution in [1.82, 2.24) is 0 Å². The van der Waals surface area contributed by atoms with E-state index in [1.807, 2.05) is 52.9 Å². The standard InChI is InChI=1S/C10H10N2.C10H15N.C4H8O.2C2H6/c11-7-8-3-4-10-9(6-8)2-1-5-12-10;1-4-9-7-8(2)5-6-10(9)11-3;1-2-4-5-3-1;2*1-2/h3-4,6,12H,1-2,5H2;5-7,11H,4H2,1-3H3;1-4H2;2*1-2H3. The first kappa shape index (κ1) is 29.5. The number of rotatable bonds is 2. The van der Waals surface area contributed by atoms with Crippen molar-refractivity contribution in [3.05, 3.63) is 58.7 Å². The van der Waals surface area contributed by atoms with E-state index in [1.165, 1.54) is 47.3 Å². The molecule has 1 saturated heterocycles. The summed E-state index contributed by atoms with van der Waals surface area (Å²) in [6.07, 6.45) is 5.91. The molecule has 0 aromatic heterocycles. The van der Waals surface area contributed by atoms with Gasteiger partial charge in [-0.05, 0) is 74.4 Å². The maximum Gasteiger partial charge on any atom is 0.0991 e. The smallest absolute Gasteiger partial charge is 0.0991 e. The largest absolute Gasteiger partial charge is 0.388 e. The molecule has 0 radical (unpaired) electrons. The van der Waals surface area contributed by atoms with Crippen LogP contribution in [0.25, 0.3) is 0 Å². The minimum absolute atomic E-state index is 0.762. The zero-order valence-electron chi connectivity index (χ0n) is 21.5. The van der Waals surface area contributed by atoms with Crippen LogP contribution >= 0.6 is 0 Å². The number of aryl methyl sites for hydroxylation is 3. The highest BCUT2D eigenvalue weighted by molar-refractivity contribution is 5.56. The van der Waals surface area contributed by atoms with E-state index in [1.54, 1.807) is 0 Å². The number of ether oxygens (including phenoxy) is 1. The molecule has 0 unspecified atom stereocenters. The number of hydrogen-bond acceptors (Lipinski definition) is 4.